The molecular formula is C7H7BrN2. The van der Waals surface area contributed by atoms with E-state index in [2.05, 4.69) is 38.0 Å². The molecule has 0 radical (unpaired) electrons. The zero-order chi connectivity index (χ0) is 7.23. The average Bonchev–Trinajstić information content (AvgIpc) is 2.41. The molecule has 0 fully saturated rings. The Bertz CT molecular complexity index is 230. The molecule has 0 aliphatic rings. The number of hydrogen-bond donors (Lipinski definition) is 1. The van der Waals surface area contributed by atoms with E-state index in [1.807, 2.05) is 6.07 Å². The van der Waals surface area contributed by atoms with E-state index in [9.17, 15) is 0 Å². The molecule has 0 aliphatic carbocycles. The fourth-order valence-electron chi connectivity index (χ4n) is 0.530. The van der Waals surface area contributed by atoms with Gasteiger partial charge in [-0.15, -0.1) is 0 Å². The Balaban J connectivity index is 2.49. The molecule has 1 N–H and O–H groups in total. The summed E-state index contributed by atoms with van der Waals surface area (Å²) in [6.07, 6.45) is 2.57. The molecule has 0 saturated heterocycles. The van der Waals surface area contributed by atoms with E-state index in [-0.39, 0.29) is 0 Å². The van der Waals surface area contributed by atoms with Crippen molar-refractivity contribution in [3.05, 3.63) is 18.0 Å². The molecule has 0 bridgehead atoms. The second-order valence-corrected chi connectivity index (χ2v) is 2.50. The van der Waals surface area contributed by atoms with Crippen LogP contribution in [0.2, 0.25) is 0 Å². The van der Waals surface area contributed by atoms with Gasteiger partial charge in [-0.2, -0.15) is 5.10 Å². The first kappa shape index (κ1) is 7.36. The molecule has 0 saturated carbocycles. The number of nitrogens with one attached hydrogen (secondary N) is 1. The Kier molecular flexibility index (Phi) is 3.04. The highest BCUT2D eigenvalue weighted by atomic mass is 79.9. The van der Waals surface area contributed by atoms with Crippen LogP contribution in [0.5, 0.6) is 0 Å². The second kappa shape index (κ2) is 4.13. The summed E-state index contributed by atoms with van der Waals surface area (Å²) in [5, 5.41) is 7.44. The molecular weight excluding hydrogens is 192 g/mol. The summed E-state index contributed by atoms with van der Waals surface area (Å²) >= 11 is 3.29. The Morgan fingerprint density at radius 3 is 3.20 bits per heavy atom. The van der Waals surface area contributed by atoms with Crippen LogP contribution in [0.4, 0.5) is 0 Å². The summed E-state index contributed by atoms with van der Waals surface area (Å²) in [4.78, 5) is 0. The SMILES string of the molecule is BrCCC#Cc1ccn[nH]1. The van der Waals surface area contributed by atoms with E-state index in [0.717, 1.165) is 17.4 Å². The minimum absolute atomic E-state index is 0.874. The minimum atomic E-state index is 0.874. The predicted molar refractivity (Wildman–Crippen MR) is 43.9 cm³/mol. The first-order chi connectivity index (χ1) is 4.93. The van der Waals surface area contributed by atoms with E-state index in [4.69, 9.17) is 0 Å². The summed E-state index contributed by atoms with van der Waals surface area (Å²) in [5.74, 6) is 5.90. The third kappa shape index (κ3) is 2.24. The quantitative estimate of drug-likeness (QED) is 0.539. The lowest BCUT2D eigenvalue weighted by molar-refractivity contribution is 1.08. The topological polar surface area (TPSA) is 28.7 Å². The lowest BCUT2D eigenvalue weighted by Crippen LogP contribution is -1.73. The second-order valence-electron chi connectivity index (χ2n) is 1.71. The molecule has 0 aromatic carbocycles. The lowest BCUT2D eigenvalue weighted by atomic mass is 10.4. The van der Waals surface area contributed by atoms with Gasteiger partial charge in [0.05, 0.1) is 0 Å². The molecule has 0 spiro atoms. The smallest absolute Gasteiger partial charge is 0.107 e. The van der Waals surface area contributed by atoms with E-state index < -0.39 is 0 Å². The Morgan fingerprint density at radius 1 is 1.70 bits per heavy atom. The fraction of sp³-hybridized carbons (Fsp3) is 0.286. The molecule has 0 amide bonds. The molecule has 1 aromatic heterocycles. The van der Waals surface area contributed by atoms with Gasteiger partial charge in [-0.05, 0) is 12.0 Å². The maximum Gasteiger partial charge on any atom is 0.107 e. The maximum absolute atomic E-state index is 3.76. The number of aromatic nitrogens is 2. The van der Waals surface area contributed by atoms with Crippen molar-refractivity contribution in [2.75, 3.05) is 5.33 Å². The first-order valence-corrected chi connectivity index (χ1v) is 4.10. The van der Waals surface area contributed by atoms with Gasteiger partial charge in [0.25, 0.3) is 0 Å². The highest BCUT2D eigenvalue weighted by Gasteiger charge is 1.81. The number of hydrogen-bond acceptors (Lipinski definition) is 1. The van der Waals surface area contributed by atoms with Gasteiger partial charge in [0.15, 0.2) is 0 Å². The molecule has 0 unspecified atom stereocenters. The Morgan fingerprint density at radius 2 is 2.60 bits per heavy atom. The number of H-pyrrole nitrogens is 1. The monoisotopic (exact) mass is 198 g/mol. The molecule has 52 valence electrons. The van der Waals surface area contributed by atoms with Crippen molar-refractivity contribution in [1.82, 2.24) is 10.2 Å². The van der Waals surface area contributed by atoms with Crippen LogP contribution in [-0.2, 0) is 0 Å². The normalized spacial score (nSPS) is 8.50. The molecule has 3 heteroatoms. The van der Waals surface area contributed by atoms with Gasteiger partial charge in [0, 0.05) is 17.9 Å². The van der Waals surface area contributed by atoms with Crippen LogP contribution in [-0.4, -0.2) is 15.5 Å². The van der Waals surface area contributed by atoms with Gasteiger partial charge in [0.2, 0.25) is 0 Å². The zero-order valence-electron chi connectivity index (χ0n) is 5.39. The van der Waals surface area contributed by atoms with Gasteiger partial charge >= 0.3 is 0 Å². The predicted octanol–water partition coefficient (Wildman–Crippen LogP) is 1.55. The summed E-state index contributed by atoms with van der Waals surface area (Å²) < 4.78 is 0. The van der Waals surface area contributed by atoms with Gasteiger partial charge in [-0.25, -0.2) is 0 Å². The van der Waals surface area contributed by atoms with Crippen LogP contribution < -0.4 is 0 Å². The van der Waals surface area contributed by atoms with Crippen molar-refractivity contribution in [2.24, 2.45) is 0 Å². The maximum atomic E-state index is 3.76. The van der Waals surface area contributed by atoms with Gasteiger partial charge in [-0.1, -0.05) is 21.9 Å². The van der Waals surface area contributed by atoms with Crippen LogP contribution >= 0.6 is 15.9 Å². The minimum Gasteiger partial charge on any atom is -0.270 e. The molecule has 0 atom stereocenters. The first-order valence-electron chi connectivity index (χ1n) is 2.97. The molecule has 1 rings (SSSR count). The van der Waals surface area contributed by atoms with Crippen LogP contribution in [0.15, 0.2) is 12.3 Å². The Labute approximate surface area is 68.2 Å². The van der Waals surface area contributed by atoms with Crippen LogP contribution in [0, 0.1) is 11.8 Å². The highest BCUT2D eigenvalue weighted by molar-refractivity contribution is 9.09. The van der Waals surface area contributed by atoms with E-state index >= 15 is 0 Å². The van der Waals surface area contributed by atoms with Crippen molar-refractivity contribution < 1.29 is 0 Å². The summed E-state index contributed by atoms with van der Waals surface area (Å²) in [7, 11) is 0. The number of rotatable bonds is 1. The summed E-state index contributed by atoms with van der Waals surface area (Å²) in [5.41, 5.74) is 0.876. The molecule has 1 heterocycles. The van der Waals surface area contributed by atoms with Gasteiger partial charge in [0.1, 0.15) is 5.69 Å². The summed E-state index contributed by atoms with van der Waals surface area (Å²) in [6, 6.07) is 1.85. The Hall–Kier alpha value is -0.750. The van der Waals surface area contributed by atoms with Crippen molar-refractivity contribution in [3.63, 3.8) is 0 Å². The van der Waals surface area contributed by atoms with Gasteiger partial charge < -0.3 is 0 Å². The largest absolute Gasteiger partial charge is 0.270 e. The van der Waals surface area contributed by atoms with Crippen molar-refractivity contribution in [2.45, 2.75) is 6.42 Å². The third-order valence-electron chi connectivity index (χ3n) is 0.943. The average molecular weight is 199 g/mol. The molecule has 0 aliphatic heterocycles. The number of nitrogens with zero attached hydrogens (tertiary/aromatic N) is 1. The van der Waals surface area contributed by atoms with Crippen molar-refractivity contribution >= 4 is 15.9 Å². The van der Waals surface area contributed by atoms with Crippen LogP contribution in [0.25, 0.3) is 0 Å². The molecule has 2 nitrogen and oxygen atoms in total. The zero-order valence-corrected chi connectivity index (χ0v) is 6.98. The van der Waals surface area contributed by atoms with E-state index in [1.165, 1.54) is 0 Å². The lowest BCUT2D eigenvalue weighted by Gasteiger charge is -1.76. The standard InChI is InChI=1S/C7H7BrN2/c8-5-2-1-3-7-4-6-9-10-7/h4,6H,2,5H2,(H,9,10). The number of halogens is 1. The third-order valence-corrected chi connectivity index (χ3v) is 1.34. The van der Waals surface area contributed by atoms with Crippen LogP contribution in [0.1, 0.15) is 12.1 Å². The van der Waals surface area contributed by atoms with Gasteiger partial charge in [-0.3, -0.25) is 5.10 Å². The summed E-state index contributed by atoms with van der Waals surface area (Å²) in [6.45, 7) is 0. The molecule has 10 heavy (non-hydrogen) atoms. The van der Waals surface area contributed by atoms with Crippen molar-refractivity contribution in [1.29, 1.82) is 0 Å². The fourth-order valence-corrected chi connectivity index (χ4v) is 0.729. The van der Waals surface area contributed by atoms with E-state index in [0.29, 0.717) is 0 Å². The molecule has 1 aromatic rings. The number of alkyl halides is 1. The highest BCUT2D eigenvalue weighted by Crippen LogP contribution is 1.88. The number of aromatic amines is 1. The van der Waals surface area contributed by atoms with E-state index in [1.54, 1.807) is 6.20 Å². The van der Waals surface area contributed by atoms with Crippen LogP contribution in [0.3, 0.4) is 0 Å². The van der Waals surface area contributed by atoms with Crippen molar-refractivity contribution in [3.8, 4) is 11.8 Å².